The smallest absolute Gasteiger partial charge is 0.321 e. The van der Waals surface area contributed by atoms with Crippen LogP contribution in [0.5, 0.6) is 0 Å². The summed E-state index contributed by atoms with van der Waals surface area (Å²) >= 11 is 1.74. The summed E-state index contributed by atoms with van der Waals surface area (Å²) in [5.41, 5.74) is 0. The Bertz CT molecular complexity index is 195. The van der Waals surface area contributed by atoms with E-state index in [2.05, 4.69) is 13.8 Å². The molecule has 3 nitrogen and oxygen atoms in total. The average molecular weight is 219 g/mol. The van der Waals surface area contributed by atoms with Crippen LogP contribution in [0.2, 0.25) is 0 Å². The zero-order valence-corrected chi connectivity index (χ0v) is 10.5. The third-order valence-electron chi connectivity index (χ3n) is 2.08. The van der Waals surface area contributed by atoms with Crippen molar-refractivity contribution < 1.29 is 9.90 Å². The van der Waals surface area contributed by atoms with E-state index < -0.39 is 5.97 Å². The molecular weight excluding hydrogens is 198 g/mol. The number of carboxylic acids is 1. The zero-order valence-electron chi connectivity index (χ0n) is 9.70. The summed E-state index contributed by atoms with van der Waals surface area (Å²) in [5, 5.41) is 8.82. The minimum absolute atomic E-state index is 0.195. The molecular formula is C10H21NO2S. The van der Waals surface area contributed by atoms with Gasteiger partial charge in [-0.25, -0.2) is 0 Å². The van der Waals surface area contributed by atoms with Gasteiger partial charge in [0.1, 0.15) is 6.04 Å². The van der Waals surface area contributed by atoms with Crippen molar-refractivity contribution in [3.8, 4) is 0 Å². The van der Waals surface area contributed by atoms with Gasteiger partial charge in [-0.1, -0.05) is 13.8 Å². The van der Waals surface area contributed by atoms with Gasteiger partial charge in [-0.3, -0.25) is 9.69 Å². The summed E-state index contributed by atoms with van der Waals surface area (Å²) in [6, 6.07) is -0.303. The van der Waals surface area contributed by atoms with Gasteiger partial charge in [0.25, 0.3) is 0 Å². The van der Waals surface area contributed by atoms with Crippen molar-refractivity contribution in [1.29, 1.82) is 0 Å². The fraction of sp³-hybridized carbons (Fsp3) is 0.900. The number of carboxylic acid groups (broad SMARTS) is 1. The molecule has 4 heteroatoms. The Morgan fingerprint density at radius 1 is 1.50 bits per heavy atom. The predicted molar refractivity (Wildman–Crippen MR) is 61.9 cm³/mol. The molecule has 84 valence electrons. The van der Waals surface area contributed by atoms with Crippen molar-refractivity contribution >= 4 is 17.7 Å². The molecule has 14 heavy (non-hydrogen) atoms. The molecule has 1 atom stereocenters. The molecule has 1 aliphatic rings. The second kappa shape index (κ2) is 5.61. The first-order valence-corrected chi connectivity index (χ1v) is 5.98. The lowest BCUT2D eigenvalue weighted by Crippen LogP contribution is -2.50. The Hall–Kier alpha value is -0.220. The molecule has 1 fully saturated rings. The monoisotopic (exact) mass is 219 g/mol. The van der Waals surface area contributed by atoms with Gasteiger partial charge in [-0.05, 0) is 20.9 Å². The first-order chi connectivity index (χ1) is 6.42. The Morgan fingerprint density at radius 2 is 2.00 bits per heavy atom. The molecule has 1 rings (SSSR count). The van der Waals surface area contributed by atoms with Crippen LogP contribution in [0.4, 0.5) is 0 Å². The molecule has 0 amide bonds. The molecule has 1 aliphatic heterocycles. The van der Waals surface area contributed by atoms with Gasteiger partial charge in [0, 0.05) is 17.0 Å². The van der Waals surface area contributed by atoms with E-state index in [-0.39, 0.29) is 10.8 Å². The molecule has 0 aromatic heterocycles. The number of hydrogen-bond acceptors (Lipinski definition) is 3. The Morgan fingerprint density at radius 3 is 2.36 bits per heavy atom. The summed E-state index contributed by atoms with van der Waals surface area (Å²) in [6.07, 6.45) is 0. The van der Waals surface area contributed by atoms with Crippen molar-refractivity contribution in [2.75, 3.05) is 19.3 Å². The SMILES string of the molecule is CC.CN1CC(C)(C)SCC1C(=O)O. The number of nitrogens with zero attached hydrogens (tertiary/aromatic N) is 1. The molecule has 0 aromatic rings. The van der Waals surface area contributed by atoms with Gasteiger partial charge in [0.05, 0.1) is 0 Å². The van der Waals surface area contributed by atoms with E-state index in [1.165, 1.54) is 0 Å². The molecule has 1 heterocycles. The van der Waals surface area contributed by atoms with E-state index in [1.54, 1.807) is 11.8 Å². The van der Waals surface area contributed by atoms with E-state index in [1.807, 2.05) is 25.8 Å². The maximum absolute atomic E-state index is 10.7. The highest BCUT2D eigenvalue weighted by atomic mass is 32.2. The number of carbonyl (C=O) groups is 1. The van der Waals surface area contributed by atoms with Gasteiger partial charge in [0.15, 0.2) is 0 Å². The highest BCUT2D eigenvalue weighted by molar-refractivity contribution is 8.00. The number of hydrogen-bond donors (Lipinski definition) is 1. The van der Waals surface area contributed by atoms with E-state index in [0.717, 1.165) is 6.54 Å². The Balaban J connectivity index is 0.000000791. The van der Waals surface area contributed by atoms with Crippen LogP contribution in [0.15, 0.2) is 0 Å². The van der Waals surface area contributed by atoms with Crippen LogP contribution in [-0.4, -0.2) is 46.1 Å². The van der Waals surface area contributed by atoms with Gasteiger partial charge in [0.2, 0.25) is 0 Å². The normalized spacial score (nSPS) is 26.2. The zero-order chi connectivity index (χ0) is 11.4. The lowest BCUT2D eigenvalue weighted by atomic mass is 10.1. The third-order valence-corrected chi connectivity index (χ3v) is 3.47. The van der Waals surface area contributed by atoms with Crippen LogP contribution in [0.3, 0.4) is 0 Å². The van der Waals surface area contributed by atoms with Crippen LogP contribution in [0.1, 0.15) is 27.7 Å². The quantitative estimate of drug-likeness (QED) is 0.731. The van der Waals surface area contributed by atoms with Crippen LogP contribution in [0.25, 0.3) is 0 Å². The number of thioether (sulfide) groups is 1. The molecule has 1 saturated heterocycles. The molecule has 0 spiro atoms. The van der Waals surface area contributed by atoms with Gasteiger partial charge < -0.3 is 5.11 Å². The molecule has 0 aromatic carbocycles. The largest absolute Gasteiger partial charge is 0.480 e. The standard InChI is InChI=1S/C8H15NO2S.C2H6/c1-8(2)5-9(3)6(4-12-8)7(10)11;1-2/h6H,4-5H2,1-3H3,(H,10,11);1-2H3. The highest BCUT2D eigenvalue weighted by Gasteiger charge is 2.34. The van der Waals surface area contributed by atoms with E-state index >= 15 is 0 Å². The summed E-state index contributed by atoms with van der Waals surface area (Å²) in [6.45, 7) is 9.13. The minimum atomic E-state index is -0.708. The summed E-state index contributed by atoms with van der Waals surface area (Å²) in [4.78, 5) is 12.6. The van der Waals surface area contributed by atoms with Crippen LogP contribution < -0.4 is 0 Å². The minimum Gasteiger partial charge on any atom is -0.480 e. The van der Waals surface area contributed by atoms with E-state index in [4.69, 9.17) is 5.11 Å². The molecule has 0 radical (unpaired) electrons. The van der Waals surface area contributed by atoms with Crippen LogP contribution >= 0.6 is 11.8 Å². The lowest BCUT2D eigenvalue weighted by Gasteiger charge is -2.39. The molecule has 0 bridgehead atoms. The van der Waals surface area contributed by atoms with Crippen molar-refractivity contribution in [2.24, 2.45) is 0 Å². The number of rotatable bonds is 1. The van der Waals surface area contributed by atoms with Gasteiger partial charge in [-0.2, -0.15) is 11.8 Å². The second-order valence-corrected chi connectivity index (χ2v) is 5.57. The fourth-order valence-corrected chi connectivity index (χ4v) is 2.75. The number of aliphatic carboxylic acids is 1. The lowest BCUT2D eigenvalue weighted by molar-refractivity contribution is -0.142. The first kappa shape index (κ1) is 13.8. The van der Waals surface area contributed by atoms with E-state index in [0.29, 0.717) is 5.75 Å². The van der Waals surface area contributed by atoms with Crippen molar-refractivity contribution in [3.63, 3.8) is 0 Å². The Kier molecular flexibility index (Phi) is 5.52. The number of likely N-dealkylation sites (N-methyl/N-ethyl adjacent to an activating group) is 1. The molecule has 1 unspecified atom stereocenters. The van der Waals surface area contributed by atoms with Crippen molar-refractivity contribution in [2.45, 2.75) is 38.5 Å². The topological polar surface area (TPSA) is 40.5 Å². The summed E-state index contributed by atoms with van der Waals surface area (Å²) < 4.78 is 0.195. The van der Waals surface area contributed by atoms with Crippen molar-refractivity contribution in [1.82, 2.24) is 4.90 Å². The van der Waals surface area contributed by atoms with Crippen LogP contribution in [0, 0.1) is 0 Å². The maximum Gasteiger partial charge on any atom is 0.321 e. The molecule has 0 aliphatic carbocycles. The first-order valence-electron chi connectivity index (χ1n) is 4.99. The fourth-order valence-electron chi connectivity index (χ4n) is 1.45. The van der Waals surface area contributed by atoms with Crippen LogP contribution in [-0.2, 0) is 4.79 Å². The molecule has 1 N–H and O–H groups in total. The summed E-state index contributed by atoms with van der Waals surface area (Å²) in [5.74, 6) is -0.0146. The van der Waals surface area contributed by atoms with Gasteiger partial charge in [-0.15, -0.1) is 0 Å². The average Bonchev–Trinajstić information content (AvgIpc) is 2.05. The third kappa shape index (κ3) is 3.88. The summed E-state index contributed by atoms with van der Waals surface area (Å²) in [7, 11) is 1.88. The van der Waals surface area contributed by atoms with Crippen molar-refractivity contribution in [3.05, 3.63) is 0 Å². The molecule has 0 saturated carbocycles. The highest BCUT2D eigenvalue weighted by Crippen LogP contribution is 2.31. The maximum atomic E-state index is 10.7. The van der Waals surface area contributed by atoms with Gasteiger partial charge >= 0.3 is 5.97 Å². The Labute approximate surface area is 90.9 Å². The second-order valence-electron chi connectivity index (χ2n) is 3.84. The van der Waals surface area contributed by atoms with E-state index in [9.17, 15) is 4.79 Å². The predicted octanol–water partition coefficient (Wildman–Crippen LogP) is 1.92.